The van der Waals surface area contributed by atoms with Crippen LogP contribution < -0.4 is 5.73 Å². The summed E-state index contributed by atoms with van der Waals surface area (Å²) < 4.78 is 0. The summed E-state index contributed by atoms with van der Waals surface area (Å²) >= 11 is 2.91. The van der Waals surface area contributed by atoms with Crippen LogP contribution in [0.2, 0.25) is 0 Å². The summed E-state index contributed by atoms with van der Waals surface area (Å²) in [5, 5.41) is 10.5. The van der Waals surface area contributed by atoms with E-state index >= 15 is 0 Å². The van der Waals surface area contributed by atoms with Gasteiger partial charge >= 0.3 is 5.97 Å². The van der Waals surface area contributed by atoms with Crippen LogP contribution in [0.3, 0.4) is 0 Å². The summed E-state index contributed by atoms with van der Waals surface area (Å²) in [7, 11) is 0. The Morgan fingerprint density at radius 2 is 2.46 bits per heavy atom. The molecule has 0 bridgehead atoms. The van der Waals surface area contributed by atoms with Gasteiger partial charge in [0, 0.05) is 10.3 Å². The molecule has 0 aromatic carbocycles. The number of hydrogen-bond acceptors (Lipinski definition) is 4. The minimum Gasteiger partial charge on any atom is -0.477 e. The number of rotatable bonds is 5. The molecular weight excluding hydrogens is 206 g/mol. The van der Waals surface area contributed by atoms with E-state index in [1.54, 1.807) is 17.8 Å². The van der Waals surface area contributed by atoms with E-state index in [9.17, 15) is 4.79 Å². The molecule has 3 N–H and O–H groups in total. The Bertz CT molecular complexity index is 285. The Morgan fingerprint density at radius 3 is 3.00 bits per heavy atom. The first kappa shape index (κ1) is 10.6. The lowest BCUT2D eigenvalue weighted by Gasteiger charge is -1.94. The maximum atomic E-state index is 10.5. The maximum Gasteiger partial charge on any atom is 0.345 e. The molecule has 0 aliphatic rings. The summed E-state index contributed by atoms with van der Waals surface area (Å²) in [5.74, 6) is 0.0995. The second kappa shape index (κ2) is 5.26. The van der Waals surface area contributed by atoms with Gasteiger partial charge in [0.1, 0.15) is 4.88 Å². The third-order valence-corrected chi connectivity index (χ3v) is 3.53. The summed E-state index contributed by atoms with van der Waals surface area (Å²) in [6, 6.07) is 1.70. The van der Waals surface area contributed by atoms with Crippen molar-refractivity contribution in [1.82, 2.24) is 0 Å². The van der Waals surface area contributed by atoms with Crippen molar-refractivity contribution >= 4 is 29.1 Å². The number of carboxylic acid groups (broad SMARTS) is 1. The third kappa shape index (κ3) is 3.38. The van der Waals surface area contributed by atoms with Crippen molar-refractivity contribution in [1.29, 1.82) is 0 Å². The highest BCUT2D eigenvalue weighted by molar-refractivity contribution is 7.99. The molecule has 0 fully saturated rings. The number of hydrogen-bond donors (Lipinski definition) is 2. The number of carboxylic acids is 1. The van der Waals surface area contributed by atoms with Gasteiger partial charge < -0.3 is 10.8 Å². The number of carbonyl (C=O) groups is 1. The fourth-order valence-corrected chi connectivity index (χ4v) is 2.63. The quantitative estimate of drug-likeness (QED) is 0.584. The second-order valence-electron chi connectivity index (χ2n) is 2.44. The zero-order valence-corrected chi connectivity index (χ0v) is 8.66. The average Bonchev–Trinajstić information content (AvgIpc) is 2.53. The molecule has 0 radical (unpaired) electrons. The molecule has 1 aromatic heterocycles. The van der Waals surface area contributed by atoms with Crippen LogP contribution in [0, 0.1) is 0 Å². The lowest BCUT2D eigenvalue weighted by molar-refractivity contribution is 0.0702. The third-order valence-electron chi connectivity index (χ3n) is 1.40. The van der Waals surface area contributed by atoms with E-state index in [0.717, 1.165) is 17.1 Å². The maximum absolute atomic E-state index is 10.5. The molecule has 1 heterocycles. The van der Waals surface area contributed by atoms with Gasteiger partial charge in [-0.2, -0.15) is 0 Å². The highest BCUT2D eigenvalue weighted by atomic mass is 32.2. The van der Waals surface area contributed by atoms with E-state index in [1.165, 1.54) is 11.3 Å². The zero-order valence-electron chi connectivity index (χ0n) is 7.03. The van der Waals surface area contributed by atoms with Crippen molar-refractivity contribution in [2.45, 2.75) is 11.3 Å². The standard InChI is InChI=1S/C8H11NO2S2/c9-2-1-3-12-6-4-7(8(10)11)13-5-6/h4-5H,1-3,9H2,(H,10,11). The van der Waals surface area contributed by atoms with Crippen LogP contribution in [0.4, 0.5) is 0 Å². The van der Waals surface area contributed by atoms with Gasteiger partial charge in [-0.25, -0.2) is 4.79 Å². The largest absolute Gasteiger partial charge is 0.477 e. The van der Waals surface area contributed by atoms with Crippen LogP contribution in [-0.2, 0) is 0 Å². The molecule has 0 unspecified atom stereocenters. The van der Waals surface area contributed by atoms with Crippen LogP contribution in [0.5, 0.6) is 0 Å². The van der Waals surface area contributed by atoms with E-state index in [-0.39, 0.29) is 0 Å². The van der Waals surface area contributed by atoms with Crippen molar-refractivity contribution in [3.63, 3.8) is 0 Å². The monoisotopic (exact) mass is 217 g/mol. The topological polar surface area (TPSA) is 63.3 Å². The summed E-state index contributed by atoms with van der Waals surface area (Å²) in [6.07, 6.45) is 0.961. The minimum absolute atomic E-state index is 0.398. The molecule has 0 amide bonds. The molecule has 13 heavy (non-hydrogen) atoms. The molecule has 1 aromatic rings. The Labute approximate surface area is 85.0 Å². The molecule has 0 spiro atoms. The predicted octanol–water partition coefficient (Wildman–Crippen LogP) is 1.89. The lowest BCUT2D eigenvalue weighted by atomic mass is 10.5. The molecule has 3 nitrogen and oxygen atoms in total. The molecule has 0 aliphatic carbocycles. The molecule has 0 saturated heterocycles. The molecule has 0 aliphatic heterocycles. The Balaban J connectivity index is 2.44. The fraction of sp³-hybridized carbons (Fsp3) is 0.375. The van der Waals surface area contributed by atoms with E-state index < -0.39 is 5.97 Å². The molecular formula is C8H11NO2S2. The first-order chi connectivity index (χ1) is 6.24. The Hall–Kier alpha value is -0.520. The number of thiophene rings is 1. The van der Waals surface area contributed by atoms with Gasteiger partial charge in [-0.1, -0.05) is 0 Å². The number of aromatic carboxylic acids is 1. The van der Waals surface area contributed by atoms with Crippen molar-refractivity contribution in [2.24, 2.45) is 5.73 Å². The summed E-state index contributed by atoms with van der Waals surface area (Å²) in [5.41, 5.74) is 5.34. The van der Waals surface area contributed by atoms with Gasteiger partial charge in [0.2, 0.25) is 0 Å². The van der Waals surface area contributed by atoms with Crippen LogP contribution >= 0.6 is 23.1 Å². The van der Waals surface area contributed by atoms with Crippen LogP contribution in [0.1, 0.15) is 16.1 Å². The highest BCUT2D eigenvalue weighted by Gasteiger charge is 2.06. The SMILES string of the molecule is NCCCSc1csc(C(=O)O)c1. The zero-order chi connectivity index (χ0) is 9.68. The molecule has 0 atom stereocenters. The van der Waals surface area contributed by atoms with Gasteiger partial charge in [-0.3, -0.25) is 0 Å². The van der Waals surface area contributed by atoms with Crippen LogP contribution in [-0.4, -0.2) is 23.4 Å². The normalized spacial score (nSPS) is 10.2. The van der Waals surface area contributed by atoms with Crippen molar-refractivity contribution in [3.05, 3.63) is 16.3 Å². The van der Waals surface area contributed by atoms with Crippen LogP contribution in [0.25, 0.3) is 0 Å². The van der Waals surface area contributed by atoms with Gasteiger partial charge in [0.15, 0.2) is 0 Å². The van der Waals surface area contributed by atoms with Gasteiger partial charge in [-0.15, -0.1) is 23.1 Å². The molecule has 5 heteroatoms. The van der Waals surface area contributed by atoms with Crippen molar-refractivity contribution < 1.29 is 9.90 Å². The van der Waals surface area contributed by atoms with Gasteiger partial charge in [-0.05, 0) is 24.8 Å². The van der Waals surface area contributed by atoms with Crippen LogP contribution in [0.15, 0.2) is 16.3 Å². The number of nitrogens with two attached hydrogens (primary N) is 1. The average molecular weight is 217 g/mol. The fourth-order valence-electron chi connectivity index (χ4n) is 0.780. The summed E-state index contributed by atoms with van der Waals surface area (Å²) in [6.45, 7) is 0.683. The van der Waals surface area contributed by atoms with Crippen molar-refractivity contribution in [3.8, 4) is 0 Å². The molecule has 72 valence electrons. The smallest absolute Gasteiger partial charge is 0.345 e. The molecule has 0 saturated carbocycles. The molecule has 1 rings (SSSR count). The van der Waals surface area contributed by atoms with Crippen molar-refractivity contribution in [2.75, 3.05) is 12.3 Å². The minimum atomic E-state index is -0.851. The second-order valence-corrected chi connectivity index (χ2v) is 4.52. The predicted molar refractivity (Wildman–Crippen MR) is 55.7 cm³/mol. The highest BCUT2D eigenvalue weighted by Crippen LogP contribution is 2.24. The van der Waals surface area contributed by atoms with Gasteiger partial charge in [0.05, 0.1) is 0 Å². The van der Waals surface area contributed by atoms with E-state index in [4.69, 9.17) is 10.8 Å². The first-order valence-corrected chi connectivity index (χ1v) is 5.75. The Morgan fingerprint density at radius 1 is 1.69 bits per heavy atom. The first-order valence-electron chi connectivity index (χ1n) is 3.88. The Kier molecular flexibility index (Phi) is 4.27. The lowest BCUT2D eigenvalue weighted by Crippen LogP contribution is -1.99. The van der Waals surface area contributed by atoms with Gasteiger partial charge in [0.25, 0.3) is 0 Å². The number of thioether (sulfide) groups is 1. The summed E-state index contributed by atoms with van der Waals surface area (Å²) in [4.78, 5) is 11.9. The van der Waals surface area contributed by atoms with E-state index in [1.807, 2.05) is 5.38 Å². The van der Waals surface area contributed by atoms with E-state index in [2.05, 4.69) is 0 Å². The van der Waals surface area contributed by atoms with E-state index in [0.29, 0.717) is 11.4 Å².